The van der Waals surface area contributed by atoms with Crippen molar-refractivity contribution in [3.05, 3.63) is 47.1 Å². The fraction of sp³-hybridized carbons (Fsp3) is 0. The number of aromatic nitrogens is 1. The van der Waals surface area contributed by atoms with Crippen LogP contribution in [0.1, 0.15) is 0 Å². The molecule has 2 aromatic rings. The first kappa shape index (κ1) is 12.8. The van der Waals surface area contributed by atoms with Crippen LogP contribution in [0.5, 0.6) is 0 Å². The molecule has 0 atom stereocenters. The smallest absolute Gasteiger partial charge is 0.264 e. The minimum atomic E-state index is -3.71. The number of pyridine rings is 1. The van der Waals surface area contributed by atoms with Crippen molar-refractivity contribution in [2.24, 2.45) is 0 Å². The van der Waals surface area contributed by atoms with Crippen LogP contribution in [-0.4, -0.2) is 13.4 Å². The summed E-state index contributed by atoms with van der Waals surface area (Å²) in [6.07, 6.45) is 1.51. The zero-order chi connectivity index (χ0) is 13.2. The lowest BCUT2D eigenvalue weighted by molar-refractivity contribution is 0.600. The third-order valence-electron chi connectivity index (χ3n) is 2.15. The summed E-state index contributed by atoms with van der Waals surface area (Å²) in [5, 5.41) is 0. The number of nitrogen functional groups attached to an aromatic ring is 1. The van der Waals surface area contributed by atoms with E-state index in [-0.39, 0.29) is 10.7 Å². The Kier molecular flexibility index (Phi) is 3.53. The van der Waals surface area contributed by atoms with Crippen molar-refractivity contribution in [1.29, 1.82) is 0 Å². The maximum absolute atomic E-state index is 12.1. The van der Waals surface area contributed by atoms with Crippen molar-refractivity contribution in [2.45, 2.75) is 4.90 Å². The number of halogens is 1. The zero-order valence-corrected chi connectivity index (χ0v) is 11.6. The van der Waals surface area contributed by atoms with Crippen molar-refractivity contribution in [3.8, 4) is 0 Å². The molecular formula is C11H10BrN3O2S. The van der Waals surface area contributed by atoms with E-state index in [4.69, 9.17) is 5.73 Å². The Balaban J connectivity index is 2.40. The summed E-state index contributed by atoms with van der Waals surface area (Å²) in [5.41, 5.74) is 5.96. The van der Waals surface area contributed by atoms with Gasteiger partial charge in [0.2, 0.25) is 0 Å². The Hall–Kier alpha value is -1.60. The number of hydrogen-bond donors (Lipinski definition) is 2. The van der Waals surface area contributed by atoms with Crippen LogP contribution < -0.4 is 10.5 Å². The molecule has 0 saturated carbocycles. The van der Waals surface area contributed by atoms with Crippen LogP contribution in [-0.2, 0) is 10.0 Å². The molecule has 0 bridgehead atoms. The number of nitrogens with two attached hydrogens (primary N) is 1. The number of benzene rings is 1. The highest BCUT2D eigenvalue weighted by atomic mass is 79.9. The number of hydrogen-bond acceptors (Lipinski definition) is 4. The van der Waals surface area contributed by atoms with E-state index in [2.05, 4.69) is 25.6 Å². The van der Waals surface area contributed by atoms with Crippen LogP contribution in [0.4, 0.5) is 11.5 Å². The van der Waals surface area contributed by atoms with E-state index in [1.807, 2.05) is 0 Å². The minimum absolute atomic E-state index is 0.0770. The summed E-state index contributed by atoms with van der Waals surface area (Å²) in [6, 6.07) is 9.55. The van der Waals surface area contributed by atoms with Crippen LogP contribution in [0, 0.1) is 0 Å². The number of nitrogens with zero attached hydrogens (tertiary/aromatic N) is 1. The molecule has 1 aromatic heterocycles. The molecule has 94 valence electrons. The van der Waals surface area contributed by atoms with Gasteiger partial charge in [0.25, 0.3) is 10.0 Å². The summed E-state index contributed by atoms with van der Waals surface area (Å²) >= 11 is 3.18. The lowest BCUT2D eigenvalue weighted by Crippen LogP contribution is -2.14. The van der Waals surface area contributed by atoms with Crippen molar-refractivity contribution < 1.29 is 8.42 Å². The number of nitrogens with one attached hydrogen (secondary N) is 1. The predicted molar refractivity (Wildman–Crippen MR) is 73.6 cm³/mol. The first-order valence-corrected chi connectivity index (χ1v) is 7.25. The van der Waals surface area contributed by atoms with E-state index in [9.17, 15) is 8.42 Å². The standard InChI is InChI=1S/C11H10BrN3O2S/c12-9-5-4-8(13)7-10(9)18(16,17)15-11-3-1-2-6-14-11/h1-7H,13H2,(H,14,15). The number of anilines is 2. The summed E-state index contributed by atoms with van der Waals surface area (Å²) in [6.45, 7) is 0. The van der Waals surface area contributed by atoms with Gasteiger partial charge in [-0.1, -0.05) is 6.07 Å². The van der Waals surface area contributed by atoms with E-state index in [0.29, 0.717) is 10.2 Å². The normalized spacial score (nSPS) is 11.2. The highest BCUT2D eigenvalue weighted by Gasteiger charge is 2.18. The Bertz CT molecular complexity index is 659. The van der Waals surface area contributed by atoms with E-state index in [0.717, 1.165) is 0 Å². The molecule has 0 radical (unpaired) electrons. The van der Waals surface area contributed by atoms with E-state index < -0.39 is 10.0 Å². The van der Waals surface area contributed by atoms with Gasteiger partial charge in [0.1, 0.15) is 10.7 Å². The Labute approximate surface area is 113 Å². The van der Waals surface area contributed by atoms with Crippen molar-refractivity contribution in [3.63, 3.8) is 0 Å². The summed E-state index contributed by atoms with van der Waals surface area (Å²) in [4.78, 5) is 3.98. The van der Waals surface area contributed by atoms with Crippen LogP contribution in [0.25, 0.3) is 0 Å². The molecule has 0 aliphatic carbocycles. The molecule has 0 fully saturated rings. The molecule has 0 saturated heterocycles. The molecule has 3 N–H and O–H groups in total. The molecule has 2 rings (SSSR count). The lowest BCUT2D eigenvalue weighted by atomic mass is 10.3. The second-order valence-electron chi connectivity index (χ2n) is 3.51. The monoisotopic (exact) mass is 327 g/mol. The Morgan fingerprint density at radius 1 is 1.22 bits per heavy atom. The molecule has 0 aliphatic rings. The van der Waals surface area contributed by atoms with Gasteiger partial charge in [-0.15, -0.1) is 0 Å². The van der Waals surface area contributed by atoms with E-state index >= 15 is 0 Å². The minimum Gasteiger partial charge on any atom is -0.399 e. The SMILES string of the molecule is Nc1ccc(Br)c(S(=O)(=O)Nc2ccccn2)c1. The molecule has 7 heteroatoms. The van der Waals surface area contributed by atoms with Crippen molar-refractivity contribution in [1.82, 2.24) is 4.98 Å². The highest BCUT2D eigenvalue weighted by molar-refractivity contribution is 9.10. The maximum atomic E-state index is 12.1. The van der Waals surface area contributed by atoms with Gasteiger partial charge in [-0.25, -0.2) is 13.4 Å². The second kappa shape index (κ2) is 4.95. The first-order valence-electron chi connectivity index (χ1n) is 4.98. The van der Waals surface area contributed by atoms with Crippen LogP contribution in [0.15, 0.2) is 52.0 Å². The van der Waals surface area contributed by atoms with Gasteiger partial charge in [0, 0.05) is 16.4 Å². The zero-order valence-electron chi connectivity index (χ0n) is 9.17. The molecule has 1 aromatic carbocycles. The average molecular weight is 328 g/mol. The maximum Gasteiger partial charge on any atom is 0.264 e. The Morgan fingerprint density at radius 3 is 2.67 bits per heavy atom. The summed E-state index contributed by atoms with van der Waals surface area (Å²) in [5.74, 6) is 0.256. The van der Waals surface area contributed by atoms with Crippen LogP contribution in [0.2, 0.25) is 0 Å². The third kappa shape index (κ3) is 2.80. The van der Waals surface area contributed by atoms with Gasteiger partial charge in [0.05, 0.1) is 0 Å². The van der Waals surface area contributed by atoms with Gasteiger partial charge in [-0.05, 0) is 46.3 Å². The summed E-state index contributed by atoms with van der Waals surface area (Å²) in [7, 11) is -3.71. The molecule has 0 spiro atoms. The van der Waals surface area contributed by atoms with Crippen LogP contribution in [0.3, 0.4) is 0 Å². The molecule has 1 heterocycles. The first-order chi connectivity index (χ1) is 8.49. The third-order valence-corrected chi connectivity index (χ3v) is 4.50. The van der Waals surface area contributed by atoms with Gasteiger partial charge >= 0.3 is 0 Å². The van der Waals surface area contributed by atoms with E-state index in [1.165, 1.54) is 12.3 Å². The number of sulfonamides is 1. The molecule has 0 unspecified atom stereocenters. The molecule has 0 amide bonds. The predicted octanol–water partition coefficient (Wildman–Crippen LogP) is 2.23. The molecule has 18 heavy (non-hydrogen) atoms. The molecule has 5 nitrogen and oxygen atoms in total. The van der Waals surface area contributed by atoms with Gasteiger partial charge in [0.15, 0.2) is 0 Å². The fourth-order valence-electron chi connectivity index (χ4n) is 1.34. The number of rotatable bonds is 3. The van der Waals surface area contributed by atoms with E-state index in [1.54, 1.807) is 30.3 Å². The topological polar surface area (TPSA) is 85.1 Å². The summed E-state index contributed by atoms with van der Waals surface area (Å²) < 4.78 is 27.1. The lowest BCUT2D eigenvalue weighted by Gasteiger charge is -2.09. The van der Waals surface area contributed by atoms with Gasteiger partial charge in [-0.3, -0.25) is 4.72 Å². The van der Waals surface area contributed by atoms with Gasteiger partial charge < -0.3 is 5.73 Å². The molecule has 0 aliphatic heterocycles. The highest BCUT2D eigenvalue weighted by Crippen LogP contribution is 2.25. The second-order valence-corrected chi connectivity index (χ2v) is 6.02. The quantitative estimate of drug-likeness (QED) is 0.846. The molecular weight excluding hydrogens is 318 g/mol. The average Bonchev–Trinajstić information content (AvgIpc) is 2.33. The van der Waals surface area contributed by atoms with Crippen LogP contribution >= 0.6 is 15.9 Å². The van der Waals surface area contributed by atoms with Gasteiger partial charge in [-0.2, -0.15) is 0 Å². The van der Waals surface area contributed by atoms with Crippen molar-refractivity contribution >= 4 is 37.5 Å². The van der Waals surface area contributed by atoms with Crippen molar-refractivity contribution in [2.75, 3.05) is 10.5 Å². The largest absolute Gasteiger partial charge is 0.399 e. The fourth-order valence-corrected chi connectivity index (χ4v) is 3.35. The Morgan fingerprint density at radius 2 is 2.00 bits per heavy atom.